The maximum absolute atomic E-state index is 3.78. The summed E-state index contributed by atoms with van der Waals surface area (Å²) in [6.45, 7) is 2.12. The van der Waals surface area contributed by atoms with Crippen LogP contribution >= 0.6 is 0 Å². The van der Waals surface area contributed by atoms with Crippen molar-refractivity contribution >= 4 is 11.8 Å². The quantitative estimate of drug-likeness (QED) is 0.670. The molecule has 0 saturated carbocycles. The molecule has 1 heterocycles. The number of hydrogen-bond donors (Lipinski definition) is 1. The first-order valence-corrected chi connectivity index (χ1v) is 7.97. The molecule has 0 unspecified atom stereocenters. The zero-order valence-corrected chi connectivity index (χ0v) is 13.2. The highest BCUT2D eigenvalue weighted by atomic mass is 15.0. The van der Waals surface area contributed by atoms with Gasteiger partial charge in [0.1, 0.15) is 5.54 Å². The highest BCUT2D eigenvalue weighted by Crippen LogP contribution is 2.40. The fourth-order valence-electron chi connectivity index (χ4n) is 3.25. The molecule has 1 nitrogen and oxygen atoms in total. The number of para-hydroxylation sites is 1. The lowest BCUT2D eigenvalue weighted by Gasteiger charge is -2.37. The van der Waals surface area contributed by atoms with Crippen molar-refractivity contribution in [1.29, 1.82) is 0 Å². The topological polar surface area (TPSA) is 12.0 Å². The Bertz CT molecular complexity index is 847. The first-order chi connectivity index (χ1) is 11.3. The van der Waals surface area contributed by atoms with Gasteiger partial charge in [-0.3, -0.25) is 0 Å². The van der Waals surface area contributed by atoms with Crippen molar-refractivity contribution in [3.05, 3.63) is 107 Å². The van der Waals surface area contributed by atoms with E-state index in [1.807, 2.05) is 0 Å². The number of hydrogen-bond acceptors (Lipinski definition) is 1. The van der Waals surface area contributed by atoms with E-state index in [1.165, 1.54) is 27.9 Å². The SMILES string of the molecule is Cc1ccc([C@@]2(c3ccccc3)C=Cc3ccccc3N2)cc1. The van der Waals surface area contributed by atoms with E-state index in [0.717, 1.165) is 0 Å². The van der Waals surface area contributed by atoms with Gasteiger partial charge in [0.15, 0.2) is 0 Å². The van der Waals surface area contributed by atoms with Gasteiger partial charge in [-0.25, -0.2) is 0 Å². The Hall–Kier alpha value is -2.80. The van der Waals surface area contributed by atoms with Crippen LogP contribution < -0.4 is 5.32 Å². The lowest BCUT2D eigenvalue weighted by molar-refractivity contribution is 0.741. The van der Waals surface area contributed by atoms with Crippen LogP contribution in [0.25, 0.3) is 6.08 Å². The number of rotatable bonds is 2. The van der Waals surface area contributed by atoms with Crippen molar-refractivity contribution in [3.8, 4) is 0 Å². The van der Waals surface area contributed by atoms with Crippen molar-refractivity contribution < 1.29 is 0 Å². The molecule has 0 amide bonds. The average molecular weight is 297 g/mol. The van der Waals surface area contributed by atoms with Crippen molar-refractivity contribution in [3.63, 3.8) is 0 Å². The highest BCUT2D eigenvalue weighted by molar-refractivity contribution is 5.75. The monoisotopic (exact) mass is 297 g/mol. The van der Waals surface area contributed by atoms with Gasteiger partial charge in [0.05, 0.1) is 0 Å². The second-order valence-electron chi connectivity index (χ2n) is 6.09. The number of aryl methyl sites for hydroxylation is 1. The third-order valence-electron chi connectivity index (χ3n) is 4.54. The van der Waals surface area contributed by atoms with Crippen molar-refractivity contribution in [2.75, 3.05) is 5.32 Å². The maximum atomic E-state index is 3.78. The first-order valence-electron chi connectivity index (χ1n) is 7.97. The molecule has 0 aliphatic carbocycles. The van der Waals surface area contributed by atoms with Gasteiger partial charge in [-0.15, -0.1) is 0 Å². The Morgan fingerprint density at radius 3 is 2.13 bits per heavy atom. The molecule has 0 spiro atoms. The largest absolute Gasteiger partial charge is 0.368 e. The van der Waals surface area contributed by atoms with E-state index in [0.29, 0.717) is 0 Å². The summed E-state index contributed by atoms with van der Waals surface area (Å²) in [7, 11) is 0. The summed E-state index contributed by atoms with van der Waals surface area (Å²) >= 11 is 0. The predicted octanol–water partition coefficient (Wildman–Crippen LogP) is 5.38. The fourth-order valence-corrected chi connectivity index (χ4v) is 3.25. The Morgan fingerprint density at radius 2 is 1.35 bits per heavy atom. The summed E-state index contributed by atoms with van der Waals surface area (Å²) in [5.41, 5.74) is 5.83. The molecule has 4 rings (SSSR count). The van der Waals surface area contributed by atoms with Crippen LogP contribution in [0.2, 0.25) is 0 Å². The van der Waals surface area contributed by atoms with Crippen LogP contribution in [-0.2, 0) is 5.54 Å². The smallest absolute Gasteiger partial charge is 0.107 e. The van der Waals surface area contributed by atoms with Crippen LogP contribution in [0.15, 0.2) is 84.9 Å². The molecular weight excluding hydrogens is 278 g/mol. The van der Waals surface area contributed by atoms with Crippen LogP contribution in [0.1, 0.15) is 22.3 Å². The van der Waals surface area contributed by atoms with Gasteiger partial charge in [-0.05, 0) is 35.8 Å². The lowest BCUT2D eigenvalue weighted by atomic mass is 9.79. The molecular formula is C22H19N. The minimum absolute atomic E-state index is 0.330. The summed E-state index contributed by atoms with van der Waals surface area (Å²) in [4.78, 5) is 0. The highest BCUT2D eigenvalue weighted by Gasteiger charge is 2.33. The van der Waals surface area contributed by atoms with Crippen LogP contribution in [0.5, 0.6) is 0 Å². The van der Waals surface area contributed by atoms with E-state index in [9.17, 15) is 0 Å². The zero-order valence-electron chi connectivity index (χ0n) is 13.2. The van der Waals surface area contributed by atoms with Gasteiger partial charge >= 0.3 is 0 Å². The zero-order chi connectivity index (χ0) is 15.7. The molecule has 3 aromatic rings. The molecule has 0 fully saturated rings. The number of fused-ring (bicyclic) bond motifs is 1. The van der Waals surface area contributed by atoms with Crippen LogP contribution in [0.3, 0.4) is 0 Å². The summed E-state index contributed by atoms with van der Waals surface area (Å²) < 4.78 is 0. The molecule has 0 aromatic heterocycles. The standard InChI is InChI=1S/C22H19N/c1-17-11-13-20(14-12-17)22(19-8-3-2-4-9-19)16-15-18-7-5-6-10-21(18)23-22/h2-16,23H,1H3/t22-/m0/s1. The van der Waals surface area contributed by atoms with Gasteiger partial charge in [-0.1, -0.05) is 84.4 Å². The predicted molar refractivity (Wildman–Crippen MR) is 97.5 cm³/mol. The molecule has 0 radical (unpaired) electrons. The summed E-state index contributed by atoms with van der Waals surface area (Å²) in [6, 6.07) is 27.9. The van der Waals surface area contributed by atoms with Gasteiger partial charge in [0, 0.05) is 5.69 Å². The minimum Gasteiger partial charge on any atom is -0.368 e. The molecule has 1 atom stereocenters. The Morgan fingerprint density at radius 1 is 0.696 bits per heavy atom. The summed E-state index contributed by atoms with van der Waals surface area (Å²) in [6.07, 6.45) is 4.49. The van der Waals surface area contributed by atoms with Gasteiger partial charge in [-0.2, -0.15) is 0 Å². The Kier molecular flexibility index (Phi) is 3.27. The Balaban J connectivity index is 1.92. The lowest BCUT2D eigenvalue weighted by Crippen LogP contribution is -2.36. The Labute approximate surface area is 137 Å². The second-order valence-corrected chi connectivity index (χ2v) is 6.09. The first kappa shape index (κ1) is 13.8. The molecule has 1 N–H and O–H groups in total. The van der Waals surface area contributed by atoms with Crippen LogP contribution in [0, 0.1) is 6.92 Å². The van der Waals surface area contributed by atoms with E-state index in [-0.39, 0.29) is 5.54 Å². The minimum atomic E-state index is -0.330. The molecule has 1 heteroatoms. The summed E-state index contributed by atoms with van der Waals surface area (Å²) in [5, 5.41) is 3.78. The van der Waals surface area contributed by atoms with E-state index >= 15 is 0 Å². The number of anilines is 1. The van der Waals surface area contributed by atoms with E-state index in [2.05, 4.69) is 103 Å². The molecule has 0 bridgehead atoms. The van der Waals surface area contributed by atoms with Gasteiger partial charge < -0.3 is 5.32 Å². The van der Waals surface area contributed by atoms with Crippen LogP contribution in [0.4, 0.5) is 5.69 Å². The molecule has 112 valence electrons. The summed E-state index contributed by atoms with van der Waals surface area (Å²) in [5.74, 6) is 0. The van der Waals surface area contributed by atoms with Gasteiger partial charge in [0.25, 0.3) is 0 Å². The number of benzene rings is 3. The van der Waals surface area contributed by atoms with Gasteiger partial charge in [0.2, 0.25) is 0 Å². The van der Waals surface area contributed by atoms with E-state index in [1.54, 1.807) is 0 Å². The normalized spacial score (nSPS) is 19.0. The van der Waals surface area contributed by atoms with E-state index in [4.69, 9.17) is 0 Å². The molecule has 0 saturated heterocycles. The molecule has 23 heavy (non-hydrogen) atoms. The second kappa shape index (κ2) is 5.44. The molecule has 1 aliphatic heterocycles. The maximum Gasteiger partial charge on any atom is 0.107 e. The van der Waals surface area contributed by atoms with Crippen LogP contribution in [-0.4, -0.2) is 0 Å². The third-order valence-corrected chi connectivity index (χ3v) is 4.54. The molecule has 3 aromatic carbocycles. The van der Waals surface area contributed by atoms with Crippen molar-refractivity contribution in [2.24, 2.45) is 0 Å². The molecule has 1 aliphatic rings. The third kappa shape index (κ3) is 2.35. The number of nitrogens with one attached hydrogen (secondary N) is 1. The van der Waals surface area contributed by atoms with Crippen molar-refractivity contribution in [1.82, 2.24) is 0 Å². The average Bonchev–Trinajstić information content (AvgIpc) is 2.62. The fraction of sp³-hybridized carbons (Fsp3) is 0.0909. The van der Waals surface area contributed by atoms with E-state index < -0.39 is 0 Å². The van der Waals surface area contributed by atoms with Crippen molar-refractivity contribution in [2.45, 2.75) is 12.5 Å².